The van der Waals surface area contributed by atoms with Gasteiger partial charge < -0.3 is 43.5 Å². The van der Waals surface area contributed by atoms with E-state index in [0.717, 1.165) is 81.0 Å². The van der Waals surface area contributed by atoms with Gasteiger partial charge in [0.15, 0.2) is 0 Å². The van der Waals surface area contributed by atoms with Gasteiger partial charge in [-0.2, -0.15) is 0 Å². The normalized spacial score (nSPS) is 16.0. The lowest BCUT2D eigenvalue weighted by Gasteiger charge is -2.38. The van der Waals surface area contributed by atoms with E-state index in [0.29, 0.717) is 45.9 Å². The van der Waals surface area contributed by atoms with Crippen LogP contribution < -0.4 is 14.4 Å². The highest BCUT2D eigenvalue weighted by molar-refractivity contribution is 5.89. The molecule has 2 aliphatic rings. The maximum Gasteiger partial charge on any atom is 0.414 e. The molecule has 1 saturated heterocycles. The molecular weight excluding hydrogens is 789 g/mol. The molecule has 2 unspecified atom stereocenters. The molecule has 12 heteroatoms. The number of rotatable bonds is 18. The average Bonchev–Trinajstić information content (AvgIpc) is 3.33. The van der Waals surface area contributed by atoms with Crippen LogP contribution >= 0.6 is 0 Å². The Morgan fingerprint density at radius 1 is 0.694 bits per heavy atom. The van der Waals surface area contributed by atoms with Crippen molar-refractivity contribution in [1.29, 1.82) is 0 Å². The predicted molar refractivity (Wildman–Crippen MR) is 234 cm³/mol. The van der Waals surface area contributed by atoms with E-state index in [9.17, 15) is 19.8 Å². The van der Waals surface area contributed by atoms with Gasteiger partial charge in [-0.3, -0.25) is 4.90 Å². The van der Waals surface area contributed by atoms with Gasteiger partial charge in [0.25, 0.3) is 0 Å². The number of carbonyl (C=O) groups excluding carboxylic acids is 2. The Morgan fingerprint density at radius 2 is 1.35 bits per heavy atom. The van der Waals surface area contributed by atoms with Crippen LogP contribution in [0.25, 0.3) is 0 Å². The quantitative estimate of drug-likeness (QED) is 0.0827. The van der Waals surface area contributed by atoms with Gasteiger partial charge in [0, 0.05) is 31.0 Å². The van der Waals surface area contributed by atoms with Crippen LogP contribution in [0.4, 0.5) is 15.3 Å². The molecule has 5 aromatic rings. The number of amides is 2. The zero-order valence-corrected chi connectivity index (χ0v) is 35.3. The lowest BCUT2D eigenvalue weighted by Crippen LogP contribution is -2.47. The lowest BCUT2D eigenvalue weighted by molar-refractivity contribution is -0.0246. The summed E-state index contributed by atoms with van der Waals surface area (Å²) in [5, 5.41) is 18.7. The Balaban J connectivity index is 0.978. The van der Waals surface area contributed by atoms with Crippen molar-refractivity contribution in [1.82, 2.24) is 4.90 Å². The van der Waals surface area contributed by atoms with Gasteiger partial charge in [-0.1, -0.05) is 91.0 Å². The summed E-state index contributed by atoms with van der Waals surface area (Å²) < 4.78 is 35.5. The second kappa shape index (κ2) is 22.3. The van der Waals surface area contributed by atoms with Crippen molar-refractivity contribution in [2.75, 3.05) is 44.9 Å². The smallest absolute Gasteiger partial charge is 0.414 e. The summed E-state index contributed by atoms with van der Waals surface area (Å²) in [6.07, 6.45) is 1.92. The highest BCUT2D eigenvalue weighted by Gasteiger charge is 2.34. The number of aryl methyl sites for hydroxylation is 1. The number of methoxy groups -OCH3 is 1. The highest BCUT2D eigenvalue weighted by Crippen LogP contribution is 2.34. The van der Waals surface area contributed by atoms with E-state index in [2.05, 4.69) is 18.2 Å². The second-order valence-electron chi connectivity index (χ2n) is 15.6. The highest BCUT2D eigenvalue weighted by atomic mass is 16.6. The van der Waals surface area contributed by atoms with Crippen molar-refractivity contribution < 1.29 is 48.2 Å². The SMILES string of the molecule is COc1ccccc1COCCCOc1ccc(C2CCN(C(=O)OCc3ccc(CO)cc3)CC2OCc2ccc3c(c2)N(C(=O)OCc2ccc(CO)cc2)CCC3)cc1. The number of carbonyl (C=O) groups is 2. The largest absolute Gasteiger partial charge is 0.496 e. The molecule has 2 atom stereocenters. The molecule has 326 valence electrons. The monoisotopic (exact) mass is 844 g/mol. The number of ether oxygens (including phenoxy) is 6. The molecule has 2 N–H and O–H groups in total. The number of anilines is 1. The van der Waals surface area contributed by atoms with E-state index in [1.807, 2.05) is 97.1 Å². The number of para-hydroxylation sites is 1. The summed E-state index contributed by atoms with van der Waals surface area (Å²) in [6.45, 7) is 3.36. The number of aliphatic hydroxyl groups excluding tert-OH is 2. The summed E-state index contributed by atoms with van der Waals surface area (Å²) in [5.41, 5.74) is 8.16. The summed E-state index contributed by atoms with van der Waals surface area (Å²) in [7, 11) is 1.66. The fourth-order valence-corrected chi connectivity index (χ4v) is 7.84. The number of hydrogen-bond acceptors (Lipinski definition) is 10. The lowest BCUT2D eigenvalue weighted by atomic mass is 9.87. The predicted octanol–water partition coefficient (Wildman–Crippen LogP) is 8.47. The Bertz CT molecular complexity index is 2200. The van der Waals surface area contributed by atoms with Crippen LogP contribution in [-0.2, 0) is 65.0 Å². The molecule has 5 aromatic carbocycles. The number of benzene rings is 5. The van der Waals surface area contributed by atoms with Crippen LogP contribution in [0, 0.1) is 0 Å². The minimum atomic E-state index is -0.411. The molecule has 2 aliphatic heterocycles. The molecule has 0 radical (unpaired) electrons. The van der Waals surface area contributed by atoms with Gasteiger partial charge in [0.1, 0.15) is 24.7 Å². The molecule has 0 spiro atoms. The summed E-state index contributed by atoms with van der Waals surface area (Å²) in [4.78, 5) is 30.2. The fourth-order valence-electron chi connectivity index (χ4n) is 7.84. The Labute approximate surface area is 363 Å². The third-order valence-corrected chi connectivity index (χ3v) is 11.4. The molecule has 2 heterocycles. The van der Waals surface area contributed by atoms with Crippen molar-refractivity contribution in [2.24, 2.45) is 0 Å². The molecule has 0 aliphatic carbocycles. The van der Waals surface area contributed by atoms with Crippen LogP contribution in [0.3, 0.4) is 0 Å². The topological polar surface area (TPSA) is 136 Å². The van der Waals surface area contributed by atoms with Crippen LogP contribution in [0.1, 0.15) is 69.7 Å². The van der Waals surface area contributed by atoms with E-state index in [-0.39, 0.29) is 45.1 Å². The van der Waals surface area contributed by atoms with Gasteiger partial charge in [-0.15, -0.1) is 0 Å². The molecule has 7 rings (SSSR count). The molecule has 0 bridgehead atoms. The fraction of sp³-hybridized carbons (Fsp3) is 0.360. The van der Waals surface area contributed by atoms with Gasteiger partial charge in [-0.05, 0) is 82.5 Å². The van der Waals surface area contributed by atoms with Crippen molar-refractivity contribution in [3.63, 3.8) is 0 Å². The van der Waals surface area contributed by atoms with Gasteiger partial charge >= 0.3 is 12.2 Å². The van der Waals surface area contributed by atoms with Crippen LogP contribution in [0.2, 0.25) is 0 Å². The van der Waals surface area contributed by atoms with E-state index in [1.54, 1.807) is 16.9 Å². The van der Waals surface area contributed by atoms with E-state index >= 15 is 0 Å². The molecule has 1 fully saturated rings. The average molecular weight is 845 g/mol. The van der Waals surface area contributed by atoms with Crippen molar-refractivity contribution in [3.8, 4) is 11.5 Å². The zero-order valence-electron chi connectivity index (χ0n) is 35.3. The first kappa shape index (κ1) is 44.1. The Kier molecular flexibility index (Phi) is 15.8. The molecule has 2 amide bonds. The Hall–Kier alpha value is -5.92. The molecular formula is C50H56N2O10. The number of hydrogen-bond donors (Lipinski definition) is 2. The number of aliphatic hydroxyl groups is 2. The van der Waals surface area contributed by atoms with Crippen molar-refractivity contribution in [2.45, 2.75) is 77.3 Å². The van der Waals surface area contributed by atoms with Gasteiger partial charge in [-0.25, -0.2) is 9.59 Å². The number of fused-ring (bicyclic) bond motifs is 1. The van der Waals surface area contributed by atoms with Crippen molar-refractivity contribution >= 4 is 17.9 Å². The van der Waals surface area contributed by atoms with Gasteiger partial charge in [0.05, 0.1) is 65.1 Å². The zero-order chi connectivity index (χ0) is 43.1. The second-order valence-corrected chi connectivity index (χ2v) is 15.6. The number of likely N-dealkylation sites (tertiary alicyclic amines) is 1. The van der Waals surface area contributed by atoms with E-state index < -0.39 is 12.2 Å². The number of piperidine rings is 1. The molecule has 12 nitrogen and oxygen atoms in total. The summed E-state index contributed by atoms with van der Waals surface area (Å²) in [5.74, 6) is 1.58. The maximum absolute atomic E-state index is 13.4. The summed E-state index contributed by atoms with van der Waals surface area (Å²) in [6, 6.07) is 36.7. The number of nitrogens with zero attached hydrogens (tertiary/aromatic N) is 2. The van der Waals surface area contributed by atoms with Crippen LogP contribution in [0.15, 0.2) is 115 Å². The van der Waals surface area contributed by atoms with E-state index in [4.69, 9.17) is 28.4 Å². The molecule has 62 heavy (non-hydrogen) atoms. The summed E-state index contributed by atoms with van der Waals surface area (Å²) >= 11 is 0. The maximum atomic E-state index is 13.4. The van der Waals surface area contributed by atoms with Crippen molar-refractivity contribution in [3.05, 3.63) is 160 Å². The third-order valence-electron chi connectivity index (χ3n) is 11.4. The van der Waals surface area contributed by atoms with Gasteiger partial charge in [0.2, 0.25) is 0 Å². The van der Waals surface area contributed by atoms with Crippen LogP contribution in [0.5, 0.6) is 11.5 Å². The van der Waals surface area contributed by atoms with Crippen LogP contribution in [-0.4, -0.2) is 73.4 Å². The minimum absolute atomic E-state index is 0.00180. The first-order valence-electron chi connectivity index (χ1n) is 21.3. The minimum Gasteiger partial charge on any atom is -0.496 e. The standard InChI is InChI=1S/C50H56N2O10/c1-57-47-8-3-2-6-43(47)35-58-26-5-27-59-44-21-19-41(20-22-44)45-23-25-51(49(55)61-32-38-13-9-36(30-53)10-14-38)29-48(45)60-34-40-17-18-42-7-4-24-52(46(42)28-40)50(56)62-33-39-15-11-37(31-54)12-16-39/h2-3,6,8-22,28,45,48,53-54H,4-5,7,23-27,29-35H2,1H3. The third kappa shape index (κ3) is 11.9. The first-order chi connectivity index (χ1) is 30.4. The Morgan fingerprint density at radius 3 is 2.05 bits per heavy atom. The first-order valence-corrected chi connectivity index (χ1v) is 21.3. The molecule has 0 aromatic heterocycles. The van der Waals surface area contributed by atoms with E-state index in [1.165, 1.54) is 0 Å². The molecule has 0 saturated carbocycles.